The van der Waals surface area contributed by atoms with Crippen LogP contribution in [-0.4, -0.2) is 11.1 Å². The lowest BCUT2D eigenvalue weighted by Gasteiger charge is -1.97. The van der Waals surface area contributed by atoms with Crippen LogP contribution in [-0.2, 0) is 4.79 Å². The lowest BCUT2D eigenvalue weighted by molar-refractivity contribution is -0.137. The molecule has 4 N–H and O–H groups in total. The van der Waals surface area contributed by atoms with Crippen molar-refractivity contribution in [2.24, 2.45) is 0 Å². The number of carbonyl (C=O) groups is 1. The predicted octanol–water partition coefficient (Wildman–Crippen LogP) is 3.79. The Labute approximate surface area is 87.8 Å². The second-order valence-corrected chi connectivity index (χ2v) is 2.91. The summed E-state index contributed by atoms with van der Waals surface area (Å²) in [4.78, 5) is 10.1. The van der Waals surface area contributed by atoms with Crippen LogP contribution in [0.15, 0.2) is 13.2 Å². The summed E-state index contributed by atoms with van der Waals surface area (Å²) in [5.74, 6) is -0.666. The van der Waals surface area contributed by atoms with Crippen molar-refractivity contribution in [2.45, 2.75) is 51.9 Å². The number of carboxylic acids is 1. The van der Waals surface area contributed by atoms with E-state index in [4.69, 9.17) is 5.11 Å². The summed E-state index contributed by atoms with van der Waals surface area (Å²) in [6.07, 6.45) is 7.25. The van der Waals surface area contributed by atoms with E-state index in [0.717, 1.165) is 12.8 Å². The average molecular weight is 203 g/mol. The van der Waals surface area contributed by atoms with Gasteiger partial charge in [-0.2, -0.15) is 0 Å². The Hall–Kier alpha value is -0.830. The van der Waals surface area contributed by atoms with Gasteiger partial charge in [-0.25, -0.2) is 0 Å². The Bertz CT molecular complexity index is 116. The Morgan fingerprint density at radius 3 is 1.93 bits per heavy atom. The van der Waals surface area contributed by atoms with Crippen LogP contribution in [0.3, 0.4) is 0 Å². The molecule has 0 rings (SSSR count). The summed E-state index contributed by atoms with van der Waals surface area (Å²) in [6, 6.07) is 0. The van der Waals surface area contributed by atoms with E-state index < -0.39 is 5.97 Å². The zero-order valence-corrected chi connectivity index (χ0v) is 9.43. The highest BCUT2D eigenvalue weighted by Crippen LogP contribution is 2.06. The highest BCUT2D eigenvalue weighted by Gasteiger charge is 1.95. The van der Waals surface area contributed by atoms with Crippen LogP contribution in [0.5, 0.6) is 0 Å². The molecule has 0 amide bonds. The fraction of sp³-hybridized carbons (Fsp3) is 0.727. The molecule has 0 unspecified atom stereocenters. The largest absolute Gasteiger partial charge is 0.481 e. The minimum atomic E-state index is -0.666. The van der Waals surface area contributed by atoms with Crippen LogP contribution in [0.25, 0.3) is 0 Å². The van der Waals surface area contributed by atoms with E-state index in [9.17, 15) is 4.79 Å². The summed E-state index contributed by atoms with van der Waals surface area (Å²) in [6.45, 7) is 8.18. The first-order valence-electron chi connectivity index (χ1n) is 4.99. The Kier molecular flexibility index (Phi) is 24.3. The van der Waals surface area contributed by atoms with Gasteiger partial charge in [-0.15, -0.1) is 13.2 Å². The summed E-state index contributed by atoms with van der Waals surface area (Å²) in [5, 5.41) is 8.32. The standard InChI is InChI=1S/C9H18O2.C2H4.H3N/c1-2-3-4-5-6-7-8-9(10)11;1-2;/h2-8H2,1H3,(H,10,11);1-2H2;1H3. The monoisotopic (exact) mass is 203 g/mol. The number of aliphatic carboxylic acids is 1. The first-order valence-corrected chi connectivity index (χ1v) is 4.99. The van der Waals surface area contributed by atoms with Crippen molar-refractivity contribution in [2.75, 3.05) is 0 Å². The van der Waals surface area contributed by atoms with Gasteiger partial charge in [-0.1, -0.05) is 39.0 Å². The molecule has 0 aromatic heterocycles. The van der Waals surface area contributed by atoms with E-state index in [1.165, 1.54) is 25.7 Å². The lowest BCUT2D eigenvalue weighted by atomic mass is 10.1. The molecular formula is C11H25NO2. The summed E-state index contributed by atoms with van der Waals surface area (Å²) < 4.78 is 0. The molecule has 0 aliphatic heterocycles. The maximum Gasteiger partial charge on any atom is 0.303 e. The SMILES string of the molecule is C=C.CCCCCCCCC(=O)O.N. The Balaban J connectivity index is -0.000000376. The third-order valence-corrected chi connectivity index (χ3v) is 1.74. The fourth-order valence-corrected chi connectivity index (χ4v) is 1.06. The van der Waals surface area contributed by atoms with Gasteiger partial charge in [-0.3, -0.25) is 4.79 Å². The molecule has 0 saturated heterocycles. The first-order chi connectivity index (χ1) is 6.27. The van der Waals surface area contributed by atoms with Crippen molar-refractivity contribution in [1.82, 2.24) is 6.15 Å². The van der Waals surface area contributed by atoms with E-state index in [1.807, 2.05) is 0 Å². The van der Waals surface area contributed by atoms with Crippen LogP contribution in [0.4, 0.5) is 0 Å². The van der Waals surface area contributed by atoms with Gasteiger partial charge in [0.25, 0.3) is 0 Å². The smallest absolute Gasteiger partial charge is 0.303 e. The lowest BCUT2D eigenvalue weighted by Crippen LogP contribution is -1.93. The number of hydrogen-bond donors (Lipinski definition) is 2. The van der Waals surface area contributed by atoms with E-state index in [2.05, 4.69) is 20.1 Å². The van der Waals surface area contributed by atoms with Crippen LogP contribution in [0, 0.1) is 0 Å². The molecule has 0 atom stereocenters. The van der Waals surface area contributed by atoms with Crippen LogP contribution in [0.2, 0.25) is 0 Å². The van der Waals surface area contributed by atoms with Crippen molar-refractivity contribution >= 4 is 5.97 Å². The topological polar surface area (TPSA) is 72.3 Å². The number of hydrogen-bond acceptors (Lipinski definition) is 2. The molecule has 3 heteroatoms. The van der Waals surface area contributed by atoms with Gasteiger partial charge in [0.2, 0.25) is 0 Å². The molecule has 0 fully saturated rings. The Morgan fingerprint density at radius 1 is 1.07 bits per heavy atom. The molecule has 86 valence electrons. The van der Waals surface area contributed by atoms with Crippen molar-refractivity contribution in [3.05, 3.63) is 13.2 Å². The molecule has 0 saturated carbocycles. The molecule has 0 aliphatic carbocycles. The van der Waals surface area contributed by atoms with Gasteiger partial charge in [0, 0.05) is 6.42 Å². The number of carboxylic acid groups (broad SMARTS) is 1. The molecule has 0 radical (unpaired) electrons. The van der Waals surface area contributed by atoms with Gasteiger partial charge >= 0.3 is 5.97 Å². The minimum Gasteiger partial charge on any atom is -0.481 e. The molecule has 0 aliphatic rings. The van der Waals surface area contributed by atoms with Crippen molar-refractivity contribution in [3.8, 4) is 0 Å². The third-order valence-electron chi connectivity index (χ3n) is 1.74. The van der Waals surface area contributed by atoms with Gasteiger partial charge in [-0.05, 0) is 6.42 Å². The van der Waals surface area contributed by atoms with Gasteiger partial charge in [0.1, 0.15) is 0 Å². The number of rotatable bonds is 7. The molecule has 0 spiro atoms. The van der Waals surface area contributed by atoms with Crippen molar-refractivity contribution in [1.29, 1.82) is 0 Å². The number of unbranched alkanes of at least 4 members (excludes halogenated alkanes) is 5. The van der Waals surface area contributed by atoms with Gasteiger partial charge in [0.15, 0.2) is 0 Å². The maximum absolute atomic E-state index is 10.1. The van der Waals surface area contributed by atoms with Gasteiger partial charge < -0.3 is 11.3 Å². The Morgan fingerprint density at radius 2 is 1.50 bits per heavy atom. The van der Waals surface area contributed by atoms with Crippen LogP contribution < -0.4 is 6.15 Å². The minimum absolute atomic E-state index is 0. The maximum atomic E-state index is 10.1. The van der Waals surface area contributed by atoms with Crippen LogP contribution in [0.1, 0.15) is 51.9 Å². The third kappa shape index (κ3) is 22.5. The molecule has 14 heavy (non-hydrogen) atoms. The van der Waals surface area contributed by atoms with Gasteiger partial charge in [0.05, 0.1) is 0 Å². The quantitative estimate of drug-likeness (QED) is 0.488. The molecule has 0 aromatic rings. The van der Waals surface area contributed by atoms with E-state index >= 15 is 0 Å². The van der Waals surface area contributed by atoms with Crippen molar-refractivity contribution < 1.29 is 9.90 Å². The average Bonchev–Trinajstić information content (AvgIpc) is 2.14. The van der Waals surface area contributed by atoms with Crippen molar-refractivity contribution in [3.63, 3.8) is 0 Å². The fourth-order valence-electron chi connectivity index (χ4n) is 1.06. The zero-order chi connectivity index (χ0) is 10.5. The highest BCUT2D eigenvalue weighted by atomic mass is 16.4. The predicted molar refractivity (Wildman–Crippen MR) is 61.9 cm³/mol. The summed E-state index contributed by atoms with van der Waals surface area (Å²) in [7, 11) is 0. The van der Waals surface area contributed by atoms with E-state index in [0.29, 0.717) is 6.42 Å². The second kappa shape index (κ2) is 18.1. The molecule has 0 aromatic carbocycles. The molecule has 0 bridgehead atoms. The molecule has 0 heterocycles. The van der Waals surface area contributed by atoms with E-state index in [1.54, 1.807) is 0 Å². The summed E-state index contributed by atoms with van der Waals surface area (Å²) in [5.41, 5.74) is 0. The van der Waals surface area contributed by atoms with Crippen LogP contribution >= 0.6 is 0 Å². The molecular weight excluding hydrogens is 178 g/mol. The first kappa shape index (κ1) is 18.9. The molecule has 3 nitrogen and oxygen atoms in total. The van der Waals surface area contributed by atoms with E-state index in [-0.39, 0.29) is 6.15 Å². The second-order valence-electron chi connectivity index (χ2n) is 2.91. The highest BCUT2D eigenvalue weighted by molar-refractivity contribution is 5.66. The summed E-state index contributed by atoms with van der Waals surface area (Å²) >= 11 is 0. The normalized spacial score (nSPS) is 8.07. The zero-order valence-electron chi connectivity index (χ0n) is 9.43.